The van der Waals surface area contributed by atoms with E-state index < -0.39 is 6.29 Å². The van der Waals surface area contributed by atoms with Crippen molar-refractivity contribution in [2.24, 2.45) is 0 Å². The summed E-state index contributed by atoms with van der Waals surface area (Å²) in [6, 6.07) is 4.72. The fraction of sp³-hybridized carbons (Fsp3) is 0.462. The fourth-order valence-corrected chi connectivity index (χ4v) is 1.98. The van der Waals surface area contributed by atoms with Gasteiger partial charge in [0, 0.05) is 18.2 Å². The van der Waals surface area contributed by atoms with Gasteiger partial charge in [-0.2, -0.15) is 0 Å². The monoisotopic (exact) mass is 305 g/mol. The molecule has 1 rings (SSSR count). The molecule has 0 radical (unpaired) electrons. The first kappa shape index (κ1) is 16.2. The molecule has 1 aromatic rings. The smallest absolute Gasteiger partial charge is 0.252 e. The van der Waals surface area contributed by atoms with E-state index in [9.17, 15) is 4.79 Å². The second-order valence-electron chi connectivity index (χ2n) is 3.67. The quantitative estimate of drug-likeness (QED) is 0.787. The van der Waals surface area contributed by atoms with Gasteiger partial charge < -0.3 is 14.8 Å². The summed E-state index contributed by atoms with van der Waals surface area (Å²) >= 11 is 11.7. The minimum atomic E-state index is -0.454. The minimum Gasteiger partial charge on any atom is -0.351 e. The van der Waals surface area contributed by atoms with Crippen LogP contribution in [0.1, 0.15) is 24.2 Å². The van der Waals surface area contributed by atoms with Gasteiger partial charge >= 0.3 is 0 Å². The topological polar surface area (TPSA) is 47.6 Å². The van der Waals surface area contributed by atoms with Gasteiger partial charge in [0.15, 0.2) is 6.29 Å². The van der Waals surface area contributed by atoms with Crippen LogP contribution in [-0.4, -0.2) is 32.0 Å². The number of nitrogens with one attached hydrogen (secondary N) is 1. The first-order valence-corrected chi connectivity index (χ1v) is 6.80. The van der Waals surface area contributed by atoms with E-state index in [1.165, 1.54) is 6.07 Å². The fourth-order valence-electron chi connectivity index (χ4n) is 1.48. The molecule has 1 N–H and O–H groups in total. The van der Waals surface area contributed by atoms with Crippen molar-refractivity contribution in [3.8, 4) is 0 Å². The molecule has 1 aromatic carbocycles. The van der Waals surface area contributed by atoms with Crippen molar-refractivity contribution in [2.75, 3.05) is 19.8 Å². The predicted molar refractivity (Wildman–Crippen MR) is 75.8 cm³/mol. The van der Waals surface area contributed by atoms with E-state index in [1.54, 1.807) is 12.1 Å². The minimum absolute atomic E-state index is 0.263. The summed E-state index contributed by atoms with van der Waals surface area (Å²) in [6.45, 7) is 5.03. The summed E-state index contributed by atoms with van der Waals surface area (Å²) in [7, 11) is 0. The highest BCUT2D eigenvalue weighted by Gasteiger charge is 2.13. The van der Waals surface area contributed by atoms with Gasteiger partial charge in [-0.25, -0.2) is 0 Å². The maximum atomic E-state index is 11.9. The van der Waals surface area contributed by atoms with Crippen molar-refractivity contribution < 1.29 is 14.3 Å². The zero-order valence-electron chi connectivity index (χ0n) is 10.9. The SMILES string of the molecule is CCOC(CNC(=O)c1ccc(Cl)cc1Cl)OCC. The van der Waals surface area contributed by atoms with Crippen LogP contribution < -0.4 is 5.32 Å². The summed E-state index contributed by atoms with van der Waals surface area (Å²) in [4.78, 5) is 11.9. The van der Waals surface area contributed by atoms with Gasteiger partial charge in [-0.3, -0.25) is 4.79 Å². The molecule has 19 heavy (non-hydrogen) atoms. The zero-order chi connectivity index (χ0) is 14.3. The van der Waals surface area contributed by atoms with Crippen LogP contribution in [0.4, 0.5) is 0 Å². The van der Waals surface area contributed by atoms with E-state index in [0.717, 1.165) is 0 Å². The normalized spacial score (nSPS) is 10.8. The number of halogens is 2. The lowest BCUT2D eigenvalue weighted by atomic mass is 10.2. The van der Waals surface area contributed by atoms with E-state index in [1.807, 2.05) is 13.8 Å². The van der Waals surface area contributed by atoms with Gasteiger partial charge in [0.05, 0.1) is 17.1 Å². The van der Waals surface area contributed by atoms with Gasteiger partial charge in [-0.15, -0.1) is 0 Å². The van der Waals surface area contributed by atoms with E-state index in [2.05, 4.69) is 5.32 Å². The molecule has 0 atom stereocenters. The highest BCUT2D eigenvalue weighted by Crippen LogP contribution is 2.20. The molecule has 0 bridgehead atoms. The van der Waals surface area contributed by atoms with Gasteiger partial charge in [0.2, 0.25) is 0 Å². The first-order valence-electron chi connectivity index (χ1n) is 6.04. The Labute approximate surface area is 123 Å². The predicted octanol–water partition coefficient (Wildman–Crippen LogP) is 3.12. The first-order chi connectivity index (χ1) is 9.08. The summed E-state index contributed by atoms with van der Waals surface area (Å²) < 4.78 is 10.7. The molecule has 0 aliphatic carbocycles. The van der Waals surface area contributed by atoms with Crippen molar-refractivity contribution >= 4 is 29.1 Å². The van der Waals surface area contributed by atoms with Crippen LogP contribution in [-0.2, 0) is 9.47 Å². The van der Waals surface area contributed by atoms with Crippen LogP contribution in [0.15, 0.2) is 18.2 Å². The average Bonchev–Trinajstić information content (AvgIpc) is 2.36. The molecule has 0 saturated carbocycles. The molecule has 1 amide bonds. The summed E-state index contributed by atoms with van der Waals surface area (Å²) in [5.74, 6) is -0.286. The van der Waals surface area contributed by atoms with E-state index in [0.29, 0.717) is 28.8 Å². The Morgan fingerprint density at radius 2 is 1.89 bits per heavy atom. The number of carbonyl (C=O) groups excluding carboxylic acids is 1. The summed E-state index contributed by atoms with van der Waals surface area (Å²) in [5, 5.41) is 3.52. The molecule has 0 aliphatic heterocycles. The standard InChI is InChI=1S/C13H17Cl2NO3/c1-3-18-12(19-4-2)8-16-13(17)10-6-5-9(14)7-11(10)15/h5-7,12H,3-4,8H2,1-2H3,(H,16,17). The molecule has 0 heterocycles. The van der Waals surface area contributed by atoms with Crippen molar-refractivity contribution in [1.82, 2.24) is 5.32 Å². The Morgan fingerprint density at radius 1 is 1.26 bits per heavy atom. The van der Waals surface area contributed by atoms with Crippen LogP contribution in [0, 0.1) is 0 Å². The van der Waals surface area contributed by atoms with Crippen molar-refractivity contribution in [3.63, 3.8) is 0 Å². The largest absolute Gasteiger partial charge is 0.351 e. The van der Waals surface area contributed by atoms with Crippen LogP contribution in [0.5, 0.6) is 0 Å². The Balaban J connectivity index is 2.58. The molecule has 0 saturated heterocycles. The third kappa shape index (κ3) is 5.37. The molecule has 6 heteroatoms. The van der Waals surface area contributed by atoms with Gasteiger partial charge in [0.1, 0.15) is 0 Å². The van der Waals surface area contributed by atoms with Crippen LogP contribution in [0.2, 0.25) is 10.0 Å². The van der Waals surface area contributed by atoms with Crippen molar-refractivity contribution in [3.05, 3.63) is 33.8 Å². The van der Waals surface area contributed by atoms with Crippen LogP contribution in [0.25, 0.3) is 0 Å². The molecule has 0 fully saturated rings. The lowest BCUT2D eigenvalue weighted by molar-refractivity contribution is -0.131. The molecule has 0 spiro atoms. The lowest BCUT2D eigenvalue weighted by Gasteiger charge is -2.17. The number of hydrogen-bond acceptors (Lipinski definition) is 3. The number of amides is 1. The van der Waals surface area contributed by atoms with Gasteiger partial charge in [-0.05, 0) is 32.0 Å². The second-order valence-corrected chi connectivity index (χ2v) is 4.52. The van der Waals surface area contributed by atoms with Crippen LogP contribution in [0.3, 0.4) is 0 Å². The molecule has 0 aromatic heterocycles. The van der Waals surface area contributed by atoms with Crippen LogP contribution >= 0.6 is 23.2 Å². The maximum Gasteiger partial charge on any atom is 0.252 e. The van der Waals surface area contributed by atoms with E-state index in [4.69, 9.17) is 32.7 Å². The number of hydrogen-bond donors (Lipinski definition) is 1. The highest BCUT2D eigenvalue weighted by molar-refractivity contribution is 6.36. The zero-order valence-corrected chi connectivity index (χ0v) is 12.4. The number of ether oxygens (including phenoxy) is 2. The molecule has 0 aliphatic rings. The Bertz CT molecular complexity index is 420. The second kappa shape index (κ2) is 8.38. The molecular weight excluding hydrogens is 289 g/mol. The molecule has 0 unspecified atom stereocenters. The number of rotatable bonds is 7. The van der Waals surface area contributed by atoms with E-state index >= 15 is 0 Å². The lowest BCUT2D eigenvalue weighted by Crippen LogP contribution is -2.35. The Kier molecular flexibility index (Phi) is 7.16. The Hall–Kier alpha value is -0.810. The molecular formula is C13H17Cl2NO3. The highest BCUT2D eigenvalue weighted by atomic mass is 35.5. The number of benzene rings is 1. The third-order valence-corrected chi connectivity index (χ3v) is 2.86. The number of carbonyl (C=O) groups is 1. The summed E-state index contributed by atoms with van der Waals surface area (Å²) in [6.07, 6.45) is -0.454. The average molecular weight is 306 g/mol. The van der Waals surface area contributed by atoms with Gasteiger partial charge in [-0.1, -0.05) is 23.2 Å². The third-order valence-electron chi connectivity index (χ3n) is 2.31. The van der Waals surface area contributed by atoms with E-state index in [-0.39, 0.29) is 12.5 Å². The van der Waals surface area contributed by atoms with Gasteiger partial charge in [0.25, 0.3) is 5.91 Å². The maximum absolute atomic E-state index is 11.9. The molecule has 106 valence electrons. The summed E-state index contributed by atoms with van der Waals surface area (Å²) in [5.41, 5.74) is 0.373. The van der Waals surface area contributed by atoms with Crippen molar-refractivity contribution in [1.29, 1.82) is 0 Å². The molecule has 4 nitrogen and oxygen atoms in total. The Morgan fingerprint density at radius 3 is 2.42 bits per heavy atom. The van der Waals surface area contributed by atoms with Crippen molar-refractivity contribution in [2.45, 2.75) is 20.1 Å².